The highest BCUT2D eigenvalue weighted by atomic mass is 32.1. The van der Waals surface area contributed by atoms with Crippen LogP contribution in [0.4, 0.5) is 0 Å². The summed E-state index contributed by atoms with van der Waals surface area (Å²) in [4.78, 5) is 26.1. The van der Waals surface area contributed by atoms with Gasteiger partial charge in [-0.05, 0) is 31.2 Å². The third-order valence-corrected chi connectivity index (χ3v) is 6.42. The molecule has 2 aliphatic rings. The molecule has 5 nitrogen and oxygen atoms in total. The van der Waals surface area contributed by atoms with Gasteiger partial charge in [-0.15, -0.1) is 11.3 Å². The van der Waals surface area contributed by atoms with Gasteiger partial charge in [-0.1, -0.05) is 18.2 Å². The van der Waals surface area contributed by atoms with E-state index in [0.717, 1.165) is 28.5 Å². The van der Waals surface area contributed by atoms with Crippen molar-refractivity contribution in [1.82, 2.24) is 4.90 Å². The molecule has 2 saturated heterocycles. The van der Waals surface area contributed by atoms with Gasteiger partial charge in [0, 0.05) is 35.2 Å². The second-order valence-electron chi connectivity index (χ2n) is 6.84. The maximum atomic E-state index is 12.9. The first-order chi connectivity index (χ1) is 12.1. The predicted octanol–water partition coefficient (Wildman–Crippen LogP) is 3.24. The van der Waals surface area contributed by atoms with Crippen molar-refractivity contribution in [3.63, 3.8) is 0 Å². The highest BCUT2D eigenvalue weighted by molar-refractivity contribution is 7.17. The lowest BCUT2D eigenvalue weighted by Crippen LogP contribution is -2.43. The summed E-state index contributed by atoms with van der Waals surface area (Å²) in [5.41, 5.74) is 0.777. The van der Waals surface area contributed by atoms with Crippen molar-refractivity contribution in [2.24, 2.45) is 11.8 Å². The van der Waals surface area contributed by atoms with Crippen LogP contribution in [-0.2, 0) is 9.53 Å². The summed E-state index contributed by atoms with van der Waals surface area (Å²) in [5, 5.41) is 12.3. The maximum Gasteiger partial charge on any atom is 0.309 e. The first kappa shape index (κ1) is 16.5. The number of likely N-dealkylation sites (tertiary alicyclic amines) is 1. The molecule has 0 spiro atoms. The lowest BCUT2D eigenvalue weighted by Gasteiger charge is -2.35. The molecular formula is C19H21NO4S. The van der Waals surface area contributed by atoms with Crippen LogP contribution in [-0.4, -0.2) is 47.7 Å². The summed E-state index contributed by atoms with van der Waals surface area (Å²) in [7, 11) is 0. The highest BCUT2D eigenvalue weighted by Gasteiger charge is 2.40. The molecule has 1 amide bonds. The number of carboxylic acids is 1. The number of carbonyl (C=O) groups is 2. The van der Waals surface area contributed by atoms with Gasteiger partial charge in [-0.3, -0.25) is 9.59 Å². The third kappa shape index (κ3) is 3.04. The largest absolute Gasteiger partial charge is 0.481 e. The van der Waals surface area contributed by atoms with Gasteiger partial charge < -0.3 is 14.7 Å². The van der Waals surface area contributed by atoms with Gasteiger partial charge in [0.1, 0.15) is 0 Å². The first-order valence-electron chi connectivity index (χ1n) is 8.75. The molecule has 3 heterocycles. The zero-order valence-electron chi connectivity index (χ0n) is 13.9. The summed E-state index contributed by atoms with van der Waals surface area (Å²) in [5.74, 6) is -0.844. The molecule has 0 saturated carbocycles. The van der Waals surface area contributed by atoms with Crippen molar-refractivity contribution in [3.8, 4) is 0 Å². The van der Waals surface area contributed by atoms with Crippen LogP contribution in [0.1, 0.15) is 29.6 Å². The van der Waals surface area contributed by atoms with Crippen molar-refractivity contribution in [2.45, 2.75) is 25.4 Å². The molecule has 4 rings (SSSR count). The summed E-state index contributed by atoms with van der Waals surface area (Å²) in [6.45, 7) is 1.86. The lowest BCUT2D eigenvalue weighted by atomic mass is 9.84. The Labute approximate surface area is 150 Å². The molecule has 2 aromatic rings. The smallest absolute Gasteiger partial charge is 0.309 e. The number of piperidine rings is 1. The minimum Gasteiger partial charge on any atom is -0.481 e. The van der Waals surface area contributed by atoms with Crippen LogP contribution in [0.2, 0.25) is 0 Å². The van der Waals surface area contributed by atoms with Crippen LogP contribution >= 0.6 is 11.3 Å². The minimum absolute atomic E-state index is 0.0815. The molecule has 0 radical (unpaired) electrons. The molecule has 1 N–H and O–H groups in total. The first-order valence-corrected chi connectivity index (χ1v) is 9.63. The van der Waals surface area contributed by atoms with Crippen molar-refractivity contribution in [2.75, 3.05) is 19.7 Å². The maximum absolute atomic E-state index is 12.9. The van der Waals surface area contributed by atoms with E-state index >= 15 is 0 Å². The Morgan fingerprint density at radius 2 is 1.92 bits per heavy atom. The molecule has 2 atom stereocenters. The lowest BCUT2D eigenvalue weighted by molar-refractivity contribution is -0.145. The van der Waals surface area contributed by atoms with Gasteiger partial charge in [0.15, 0.2) is 0 Å². The number of nitrogens with zero attached hydrogens (tertiary/aromatic N) is 1. The summed E-state index contributed by atoms with van der Waals surface area (Å²) in [6.07, 6.45) is 2.02. The van der Waals surface area contributed by atoms with Gasteiger partial charge in [-0.2, -0.15) is 0 Å². The second kappa shape index (κ2) is 6.77. The Bertz CT molecular complexity index is 794. The SMILES string of the molecule is O=C(O)C1CCO[C@H]1C1CCN(C(=O)c2csc3ccccc23)CC1. The summed E-state index contributed by atoms with van der Waals surface area (Å²) in [6, 6.07) is 7.97. The topological polar surface area (TPSA) is 66.8 Å². The van der Waals surface area contributed by atoms with E-state index in [-0.39, 0.29) is 17.9 Å². The molecule has 25 heavy (non-hydrogen) atoms. The van der Waals surface area contributed by atoms with E-state index in [0.29, 0.717) is 26.1 Å². The minimum atomic E-state index is -0.759. The molecule has 1 aromatic carbocycles. The van der Waals surface area contributed by atoms with E-state index in [2.05, 4.69) is 0 Å². The predicted molar refractivity (Wildman–Crippen MR) is 95.9 cm³/mol. The Hall–Kier alpha value is -1.92. The van der Waals surface area contributed by atoms with Crippen LogP contribution in [0.15, 0.2) is 29.6 Å². The number of carboxylic acid groups (broad SMARTS) is 1. The zero-order valence-corrected chi connectivity index (χ0v) is 14.7. The van der Waals surface area contributed by atoms with Crippen molar-refractivity contribution >= 4 is 33.3 Å². The number of fused-ring (bicyclic) bond motifs is 1. The fourth-order valence-corrected chi connectivity index (χ4v) is 5.02. The van der Waals surface area contributed by atoms with Gasteiger partial charge in [0.05, 0.1) is 17.6 Å². The standard InChI is InChI=1S/C19H21NO4S/c21-18(15-11-25-16-4-2-1-3-13(15)16)20-8-5-12(6-9-20)17-14(19(22)23)7-10-24-17/h1-4,11-12,14,17H,5-10H2,(H,22,23)/t14?,17-/m0/s1. The molecule has 0 aliphatic carbocycles. The van der Waals surface area contributed by atoms with E-state index in [4.69, 9.17) is 4.74 Å². The number of benzene rings is 1. The van der Waals surface area contributed by atoms with Gasteiger partial charge in [0.25, 0.3) is 5.91 Å². The number of rotatable bonds is 3. The number of hydrogen-bond acceptors (Lipinski definition) is 4. The Morgan fingerprint density at radius 1 is 1.16 bits per heavy atom. The number of aliphatic carboxylic acids is 1. The molecule has 2 fully saturated rings. The van der Waals surface area contributed by atoms with Gasteiger partial charge in [0.2, 0.25) is 0 Å². The highest BCUT2D eigenvalue weighted by Crippen LogP contribution is 2.34. The van der Waals surface area contributed by atoms with Crippen LogP contribution in [0.5, 0.6) is 0 Å². The summed E-state index contributed by atoms with van der Waals surface area (Å²) < 4.78 is 6.84. The fourth-order valence-electron chi connectivity index (χ4n) is 4.08. The van der Waals surface area contributed by atoms with Gasteiger partial charge in [-0.25, -0.2) is 0 Å². The third-order valence-electron chi connectivity index (χ3n) is 5.46. The van der Waals surface area contributed by atoms with E-state index in [1.54, 1.807) is 11.3 Å². The molecule has 2 aliphatic heterocycles. The van der Waals surface area contributed by atoms with Crippen molar-refractivity contribution in [3.05, 3.63) is 35.2 Å². The van der Waals surface area contributed by atoms with E-state index < -0.39 is 11.9 Å². The molecule has 132 valence electrons. The fraction of sp³-hybridized carbons (Fsp3) is 0.474. The van der Waals surface area contributed by atoms with Crippen molar-refractivity contribution in [1.29, 1.82) is 0 Å². The van der Waals surface area contributed by atoms with E-state index in [1.807, 2.05) is 34.5 Å². The van der Waals surface area contributed by atoms with Crippen LogP contribution in [0, 0.1) is 11.8 Å². The Morgan fingerprint density at radius 3 is 2.68 bits per heavy atom. The zero-order chi connectivity index (χ0) is 17.4. The monoisotopic (exact) mass is 359 g/mol. The molecule has 1 unspecified atom stereocenters. The number of thiophene rings is 1. The van der Waals surface area contributed by atoms with Crippen LogP contribution in [0.25, 0.3) is 10.1 Å². The second-order valence-corrected chi connectivity index (χ2v) is 7.76. The average molecular weight is 359 g/mol. The molecule has 6 heteroatoms. The molecular weight excluding hydrogens is 338 g/mol. The van der Waals surface area contributed by atoms with Gasteiger partial charge >= 0.3 is 5.97 Å². The average Bonchev–Trinajstić information content (AvgIpc) is 3.28. The molecule has 0 bridgehead atoms. The quantitative estimate of drug-likeness (QED) is 0.914. The number of amides is 1. The van der Waals surface area contributed by atoms with E-state index in [9.17, 15) is 14.7 Å². The number of ether oxygens (including phenoxy) is 1. The summed E-state index contributed by atoms with van der Waals surface area (Å²) >= 11 is 1.60. The van der Waals surface area contributed by atoms with Crippen LogP contribution in [0.3, 0.4) is 0 Å². The molecule has 1 aromatic heterocycles. The van der Waals surface area contributed by atoms with Crippen molar-refractivity contribution < 1.29 is 19.4 Å². The Kier molecular flexibility index (Phi) is 4.48. The van der Waals surface area contributed by atoms with E-state index in [1.165, 1.54) is 0 Å². The Balaban J connectivity index is 1.43. The van der Waals surface area contributed by atoms with Crippen LogP contribution < -0.4 is 0 Å². The number of hydrogen-bond donors (Lipinski definition) is 1. The normalized spacial score (nSPS) is 24.7. The number of carbonyl (C=O) groups excluding carboxylic acids is 1.